The standard InChI is InChI=1S/C39H66N8O7/c1-8-13-28(44-36(51)30(15-10-12-21-41)45-35(50)29(14-9-11-20-40)43-33(48)25(4)42)34(49)46-31(37(52)47-32(38(53)54)22-24(2)3)23-26-16-18-27(19-17-26)39(5,6)7/h8,16-19,24-25,28-32H,1,9-15,20-23,40-42H2,2-7H3,(H,43,48)(H,44,51)(H,45,50)(H,46,49)(H,47,52)(H,53,54)/t25-,28-,29-,30-,31-,32-/m0/s1. The van der Waals surface area contributed by atoms with E-state index in [1.54, 1.807) is 0 Å². The summed E-state index contributed by atoms with van der Waals surface area (Å²) in [7, 11) is 0. The quantitative estimate of drug-likeness (QED) is 0.0509. The van der Waals surface area contributed by atoms with Crippen molar-refractivity contribution in [1.82, 2.24) is 26.6 Å². The van der Waals surface area contributed by atoms with Crippen molar-refractivity contribution in [2.24, 2.45) is 23.1 Å². The van der Waals surface area contributed by atoms with Gasteiger partial charge in [-0.15, -0.1) is 6.58 Å². The fourth-order valence-corrected chi connectivity index (χ4v) is 5.59. The van der Waals surface area contributed by atoms with Crippen LogP contribution in [0, 0.1) is 5.92 Å². The van der Waals surface area contributed by atoms with Crippen LogP contribution in [0.2, 0.25) is 0 Å². The summed E-state index contributed by atoms with van der Waals surface area (Å²) in [5.74, 6) is -4.42. The summed E-state index contributed by atoms with van der Waals surface area (Å²) in [6, 6.07) is 1.07. The number of hydrogen-bond acceptors (Lipinski definition) is 9. The van der Waals surface area contributed by atoms with Crippen molar-refractivity contribution in [3.05, 3.63) is 48.0 Å². The molecule has 0 unspecified atom stereocenters. The third kappa shape index (κ3) is 17.7. The lowest BCUT2D eigenvalue weighted by Crippen LogP contribution is -2.59. The van der Waals surface area contributed by atoms with Crippen LogP contribution in [0.5, 0.6) is 0 Å². The molecule has 0 aliphatic rings. The Morgan fingerprint density at radius 3 is 1.54 bits per heavy atom. The monoisotopic (exact) mass is 759 g/mol. The molecule has 0 fully saturated rings. The normalized spacial score (nSPS) is 14.8. The first-order valence-corrected chi connectivity index (χ1v) is 18.9. The highest BCUT2D eigenvalue weighted by atomic mass is 16.4. The van der Waals surface area contributed by atoms with E-state index < -0.39 is 71.8 Å². The highest BCUT2D eigenvalue weighted by Crippen LogP contribution is 2.22. The van der Waals surface area contributed by atoms with Crippen LogP contribution >= 0.6 is 0 Å². The molecule has 15 heteroatoms. The topological polar surface area (TPSA) is 261 Å². The van der Waals surface area contributed by atoms with Crippen molar-refractivity contribution in [3.63, 3.8) is 0 Å². The van der Waals surface area contributed by atoms with Crippen molar-refractivity contribution >= 4 is 35.5 Å². The molecule has 5 amide bonds. The van der Waals surface area contributed by atoms with Crippen LogP contribution in [0.15, 0.2) is 36.9 Å². The van der Waals surface area contributed by atoms with Crippen molar-refractivity contribution in [3.8, 4) is 0 Å². The molecule has 0 saturated carbocycles. The van der Waals surface area contributed by atoms with Crippen LogP contribution in [-0.2, 0) is 40.6 Å². The summed E-state index contributed by atoms with van der Waals surface area (Å²) < 4.78 is 0. The van der Waals surface area contributed by atoms with Gasteiger partial charge in [0.2, 0.25) is 29.5 Å². The maximum absolute atomic E-state index is 13.9. The Morgan fingerprint density at radius 2 is 1.11 bits per heavy atom. The molecule has 6 atom stereocenters. The van der Waals surface area contributed by atoms with E-state index in [0.29, 0.717) is 38.8 Å². The fraction of sp³-hybridized carbons (Fsp3) is 0.641. The second-order valence-electron chi connectivity index (χ2n) is 15.3. The lowest BCUT2D eigenvalue weighted by molar-refractivity contribution is -0.142. The molecular formula is C39H66N8O7. The van der Waals surface area contributed by atoms with E-state index in [4.69, 9.17) is 17.2 Å². The SMILES string of the molecule is C=CC[C@H](NC(=O)[C@H](CCCCN)NC(=O)[C@H](CCCCN)NC(=O)[C@H](C)N)C(=O)N[C@@H](Cc1ccc(C(C)(C)C)cc1)C(=O)N[C@@H](CC(C)C)C(=O)O. The molecular weight excluding hydrogens is 692 g/mol. The minimum atomic E-state index is -1.20. The number of amides is 5. The molecule has 0 spiro atoms. The number of hydrogen-bond donors (Lipinski definition) is 9. The van der Waals surface area contributed by atoms with Gasteiger partial charge in [-0.3, -0.25) is 24.0 Å². The molecule has 0 aliphatic heterocycles. The molecule has 0 aliphatic carbocycles. The summed E-state index contributed by atoms with van der Waals surface area (Å²) in [4.78, 5) is 79.2. The van der Waals surface area contributed by atoms with Gasteiger partial charge in [0, 0.05) is 6.42 Å². The second kappa shape index (κ2) is 24.1. The van der Waals surface area contributed by atoms with E-state index in [1.165, 1.54) is 13.0 Å². The summed E-state index contributed by atoms with van der Waals surface area (Å²) in [5, 5.41) is 23.2. The fourth-order valence-electron chi connectivity index (χ4n) is 5.59. The zero-order valence-corrected chi connectivity index (χ0v) is 33.0. The molecule has 12 N–H and O–H groups in total. The minimum absolute atomic E-state index is 0.0209. The van der Waals surface area contributed by atoms with Crippen LogP contribution in [0.4, 0.5) is 0 Å². The number of benzene rings is 1. The smallest absolute Gasteiger partial charge is 0.326 e. The number of nitrogens with two attached hydrogens (primary N) is 3. The molecule has 0 aromatic heterocycles. The lowest BCUT2D eigenvalue weighted by atomic mass is 9.86. The van der Waals surface area contributed by atoms with Gasteiger partial charge in [-0.2, -0.15) is 0 Å². The van der Waals surface area contributed by atoms with E-state index in [2.05, 4.69) is 53.9 Å². The zero-order chi connectivity index (χ0) is 41.0. The van der Waals surface area contributed by atoms with E-state index in [-0.39, 0.29) is 43.4 Å². The van der Waals surface area contributed by atoms with Gasteiger partial charge in [-0.1, -0.05) is 65.0 Å². The molecule has 15 nitrogen and oxygen atoms in total. The number of aliphatic carboxylic acids is 1. The van der Waals surface area contributed by atoms with Crippen LogP contribution < -0.4 is 43.8 Å². The van der Waals surface area contributed by atoms with E-state index in [9.17, 15) is 33.9 Å². The molecule has 54 heavy (non-hydrogen) atoms. The predicted molar refractivity (Wildman–Crippen MR) is 210 cm³/mol. The lowest BCUT2D eigenvalue weighted by Gasteiger charge is -2.27. The Balaban J connectivity index is 3.37. The van der Waals surface area contributed by atoms with Crippen molar-refractivity contribution in [2.45, 2.75) is 141 Å². The van der Waals surface area contributed by atoms with Gasteiger partial charge in [0.25, 0.3) is 0 Å². The maximum Gasteiger partial charge on any atom is 0.326 e. The van der Waals surface area contributed by atoms with Crippen LogP contribution in [0.3, 0.4) is 0 Å². The first-order chi connectivity index (χ1) is 25.3. The van der Waals surface area contributed by atoms with Gasteiger partial charge >= 0.3 is 5.97 Å². The molecule has 1 aromatic carbocycles. The number of carbonyl (C=O) groups is 6. The summed E-state index contributed by atoms with van der Waals surface area (Å²) in [6.07, 6.45) is 4.30. The van der Waals surface area contributed by atoms with Gasteiger partial charge < -0.3 is 48.9 Å². The molecule has 0 radical (unpaired) electrons. The summed E-state index contributed by atoms with van der Waals surface area (Å²) >= 11 is 0. The Bertz CT molecular complexity index is 1380. The predicted octanol–water partition coefficient (Wildman–Crippen LogP) is 1.26. The number of carboxylic acids is 1. The van der Waals surface area contributed by atoms with Gasteiger partial charge in [0.1, 0.15) is 30.2 Å². The molecule has 1 aromatic rings. The van der Waals surface area contributed by atoms with Crippen molar-refractivity contribution < 1.29 is 33.9 Å². The molecule has 0 bridgehead atoms. The van der Waals surface area contributed by atoms with Crippen molar-refractivity contribution in [1.29, 1.82) is 0 Å². The second-order valence-corrected chi connectivity index (χ2v) is 15.3. The average molecular weight is 759 g/mol. The van der Waals surface area contributed by atoms with Gasteiger partial charge in [0.05, 0.1) is 6.04 Å². The van der Waals surface area contributed by atoms with E-state index >= 15 is 0 Å². The van der Waals surface area contributed by atoms with Gasteiger partial charge in [-0.05, 0) is 93.8 Å². The van der Waals surface area contributed by atoms with Crippen LogP contribution in [0.1, 0.15) is 104 Å². The Labute approximate surface area is 320 Å². The summed E-state index contributed by atoms with van der Waals surface area (Å²) in [5.41, 5.74) is 18.7. The first kappa shape index (κ1) is 47.7. The van der Waals surface area contributed by atoms with Crippen LogP contribution in [0.25, 0.3) is 0 Å². The number of unbranched alkanes of at least 4 members (excludes halogenated alkanes) is 2. The highest BCUT2D eigenvalue weighted by Gasteiger charge is 2.32. The van der Waals surface area contributed by atoms with Gasteiger partial charge in [-0.25, -0.2) is 4.79 Å². The number of rotatable bonds is 25. The number of carbonyl (C=O) groups excluding carboxylic acids is 5. The highest BCUT2D eigenvalue weighted by molar-refractivity contribution is 5.96. The Kier molecular flexibility index (Phi) is 21.3. The van der Waals surface area contributed by atoms with E-state index in [0.717, 1.165) is 11.1 Å². The molecule has 0 saturated heterocycles. The molecule has 304 valence electrons. The third-order valence-electron chi connectivity index (χ3n) is 8.82. The van der Waals surface area contributed by atoms with Crippen LogP contribution in [-0.4, -0.2) is 90.0 Å². The Morgan fingerprint density at radius 1 is 0.685 bits per heavy atom. The van der Waals surface area contributed by atoms with E-state index in [1.807, 2.05) is 38.1 Å². The average Bonchev–Trinajstić information content (AvgIpc) is 3.09. The minimum Gasteiger partial charge on any atom is -0.480 e. The van der Waals surface area contributed by atoms with Gasteiger partial charge in [0.15, 0.2) is 0 Å². The third-order valence-corrected chi connectivity index (χ3v) is 8.82. The zero-order valence-electron chi connectivity index (χ0n) is 33.0. The van der Waals surface area contributed by atoms with Crippen molar-refractivity contribution in [2.75, 3.05) is 13.1 Å². The maximum atomic E-state index is 13.9. The largest absolute Gasteiger partial charge is 0.480 e. The Hall–Kier alpha value is -4.34. The number of nitrogens with one attached hydrogen (secondary N) is 5. The molecule has 1 rings (SSSR count). The number of carboxylic acid groups (broad SMARTS) is 1. The first-order valence-electron chi connectivity index (χ1n) is 18.9. The molecule has 0 heterocycles. The summed E-state index contributed by atoms with van der Waals surface area (Å²) in [6.45, 7) is 15.9.